The Kier molecular flexibility index (Phi) is 4.73. The van der Waals surface area contributed by atoms with Crippen LogP contribution in [0.15, 0.2) is 54.6 Å². The first-order chi connectivity index (χ1) is 11.2. The fourth-order valence-corrected chi connectivity index (χ4v) is 3.39. The van der Waals surface area contributed by atoms with Gasteiger partial charge >= 0.3 is 0 Å². The molecule has 23 heavy (non-hydrogen) atoms. The van der Waals surface area contributed by atoms with Crippen LogP contribution < -0.4 is 5.32 Å². The smallest absolute Gasteiger partial charge is 0.224 e. The minimum atomic E-state index is 0.0634. The summed E-state index contributed by atoms with van der Waals surface area (Å²) in [6.07, 6.45) is 3.94. The van der Waals surface area contributed by atoms with Crippen molar-refractivity contribution in [2.24, 2.45) is 5.92 Å². The van der Waals surface area contributed by atoms with E-state index in [9.17, 15) is 4.79 Å². The van der Waals surface area contributed by atoms with Gasteiger partial charge in [-0.05, 0) is 60.9 Å². The van der Waals surface area contributed by atoms with Crippen LogP contribution in [0.1, 0.15) is 42.7 Å². The zero-order valence-corrected chi connectivity index (χ0v) is 13.0. The second-order valence-corrected chi connectivity index (χ2v) is 6.23. The summed E-state index contributed by atoms with van der Waals surface area (Å²) in [5.41, 5.74) is 2.75. The second kappa shape index (κ2) is 7.11. The van der Waals surface area contributed by atoms with Gasteiger partial charge in [0, 0.05) is 12.1 Å². The molecule has 1 saturated carbocycles. The van der Waals surface area contributed by atoms with Gasteiger partial charge in [0.25, 0.3) is 0 Å². The molecule has 116 valence electrons. The largest absolute Gasteiger partial charge is 0.326 e. The summed E-state index contributed by atoms with van der Waals surface area (Å²) in [7, 11) is 0. The molecule has 0 unspecified atom stereocenters. The predicted molar refractivity (Wildman–Crippen MR) is 90.9 cm³/mol. The summed E-state index contributed by atoms with van der Waals surface area (Å²) >= 11 is 0. The zero-order chi connectivity index (χ0) is 16.1. The molecule has 3 rings (SSSR count). The number of carbonyl (C=O) groups is 1. The maximum atomic E-state index is 12.2. The lowest BCUT2D eigenvalue weighted by molar-refractivity contribution is -0.117. The van der Waals surface area contributed by atoms with Gasteiger partial charge in [-0.2, -0.15) is 5.26 Å². The van der Waals surface area contributed by atoms with Gasteiger partial charge in [-0.25, -0.2) is 0 Å². The summed E-state index contributed by atoms with van der Waals surface area (Å²) in [4.78, 5) is 12.2. The van der Waals surface area contributed by atoms with E-state index in [1.54, 1.807) is 24.3 Å². The first kappa shape index (κ1) is 15.3. The van der Waals surface area contributed by atoms with Gasteiger partial charge in [-0.15, -0.1) is 0 Å². The molecule has 2 aromatic rings. The highest BCUT2D eigenvalue weighted by Crippen LogP contribution is 2.39. The molecule has 0 bridgehead atoms. The van der Waals surface area contributed by atoms with E-state index in [1.165, 1.54) is 12.0 Å². The quantitative estimate of drug-likeness (QED) is 0.906. The van der Waals surface area contributed by atoms with E-state index in [1.807, 2.05) is 6.07 Å². The van der Waals surface area contributed by atoms with Crippen LogP contribution in [0.5, 0.6) is 0 Å². The Hall–Kier alpha value is -2.60. The van der Waals surface area contributed by atoms with Crippen molar-refractivity contribution in [3.8, 4) is 6.07 Å². The molecule has 0 heterocycles. The number of hydrogen-bond acceptors (Lipinski definition) is 2. The van der Waals surface area contributed by atoms with Crippen molar-refractivity contribution in [3.63, 3.8) is 0 Å². The lowest BCUT2D eigenvalue weighted by Crippen LogP contribution is -2.15. The molecule has 1 fully saturated rings. The van der Waals surface area contributed by atoms with Gasteiger partial charge in [0.2, 0.25) is 5.91 Å². The van der Waals surface area contributed by atoms with Crippen LogP contribution >= 0.6 is 0 Å². The van der Waals surface area contributed by atoms with Crippen LogP contribution in [0.4, 0.5) is 5.69 Å². The highest BCUT2D eigenvalue weighted by Gasteiger charge is 2.27. The maximum absolute atomic E-state index is 12.2. The number of nitrogens with one attached hydrogen (secondary N) is 1. The van der Waals surface area contributed by atoms with Crippen LogP contribution in [0, 0.1) is 17.2 Å². The van der Waals surface area contributed by atoms with Crippen molar-refractivity contribution >= 4 is 11.6 Å². The normalized spacial score (nSPS) is 20.0. The van der Waals surface area contributed by atoms with Crippen molar-refractivity contribution in [1.82, 2.24) is 0 Å². The summed E-state index contributed by atoms with van der Waals surface area (Å²) < 4.78 is 0. The number of amides is 1. The Morgan fingerprint density at radius 1 is 1.09 bits per heavy atom. The number of nitriles is 1. The summed E-state index contributed by atoms with van der Waals surface area (Å²) in [6.45, 7) is 0. The Morgan fingerprint density at radius 2 is 1.83 bits per heavy atom. The molecular formula is C20H20N2O. The summed E-state index contributed by atoms with van der Waals surface area (Å²) in [6, 6.07) is 19.6. The molecule has 1 aliphatic carbocycles. The monoisotopic (exact) mass is 304 g/mol. The first-order valence-electron chi connectivity index (χ1n) is 8.09. The van der Waals surface area contributed by atoms with Gasteiger partial charge in [-0.1, -0.05) is 30.3 Å². The van der Waals surface area contributed by atoms with Crippen molar-refractivity contribution in [2.45, 2.75) is 31.6 Å². The molecule has 1 N–H and O–H groups in total. The van der Waals surface area contributed by atoms with Crippen molar-refractivity contribution in [1.29, 1.82) is 5.26 Å². The van der Waals surface area contributed by atoms with Crippen LogP contribution in [0.3, 0.4) is 0 Å². The average Bonchev–Trinajstić information content (AvgIpc) is 3.04. The molecule has 0 saturated heterocycles. The summed E-state index contributed by atoms with van der Waals surface area (Å²) in [5.74, 6) is 1.11. The van der Waals surface area contributed by atoms with Gasteiger partial charge in [0.1, 0.15) is 0 Å². The van der Waals surface area contributed by atoms with E-state index in [0.717, 1.165) is 18.5 Å². The van der Waals surface area contributed by atoms with E-state index in [-0.39, 0.29) is 5.91 Å². The molecule has 1 aliphatic rings. The number of nitrogens with zero attached hydrogens (tertiary/aromatic N) is 1. The van der Waals surface area contributed by atoms with Crippen LogP contribution in [0.2, 0.25) is 0 Å². The number of benzene rings is 2. The highest BCUT2D eigenvalue weighted by molar-refractivity contribution is 5.90. The van der Waals surface area contributed by atoms with Crippen LogP contribution in [-0.2, 0) is 4.79 Å². The van der Waals surface area contributed by atoms with Crippen molar-refractivity contribution in [3.05, 3.63) is 65.7 Å². The third kappa shape index (κ3) is 3.98. The van der Waals surface area contributed by atoms with E-state index in [0.29, 0.717) is 23.8 Å². The SMILES string of the molecule is N#Cc1ccc(NC(=O)C[C@@H]2CC[C@H](c3ccccc3)C2)cc1. The Morgan fingerprint density at radius 3 is 2.52 bits per heavy atom. The maximum Gasteiger partial charge on any atom is 0.224 e. The molecule has 0 aliphatic heterocycles. The fraction of sp³-hybridized carbons (Fsp3) is 0.300. The zero-order valence-electron chi connectivity index (χ0n) is 13.0. The molecule has 2 aromatic carbocycles. The van der Waals surface area contributed by atoms with Gasteiger partial charge in [-0.3, -0.25) is 4.79 Å². The van der Waals surface area contributed by atoms with Gasteiger partial charge in [0.15, 0.2) is 0 Å². The molecule has 0 radical (unpaired) electrons. The Bertz CT molecular complexity index is 701. The molecule has 3 nitrogen and oxygen atoms in total. The molecule has 0 spiro atoms. The van der Waals surface area contributed by atoms with Gasteiger partial charge < -0.3 is 5.32 Å². The van der Waals surface area contributed by atoms with E-state index >= 15 is 0 Å². The van der Waals surface area contributed by atoms with Gasteiger partial charge in [0.05, 0.1) is 11.6 Å². The van der Waals surface area contributed by atoms with Crippen LogP contribution in [0.25, 0.3) is 0 Å². The number of hydrogen-bond donors (Lipinski definition) is 1. The molecular weight excluding hydrogens is 284 g/mol. The molecule has 3 heteroatoms. The number of rotatable bonds is 4. The minimum absolute atomic E-state index is 0.0634. The van der Waals surface area contributed by atoms with Crippen molar-refractivity contribution < 1.29 is 4.79 Å². The average molecular weight is 304 g/mol. The third-order valence-electron chi connectivity index (χ3n) is 4.58. The van der Waals surface area contributed by atoms with Crippen LogP contribution in [-0.4, -0.2) is 5.91 Å². The number of carbonyl (C=O) groups excluding carboxylic acids is 1. The Balaban J connectivity index is 1.51. The van der Waals surface area contributed by atoms with E-state index < -0.39 is 0 Å². The Labute approximate surface area is 137 Å². The molecule has 1 amide bonds. The van der Waals surface area contributed by atoms with Crippen molar-refractivity contribution in [2.75, 3.05) is 5.32 Å². The minimum Gasteiger partial charge on any atom is -0.326 e. The lowest BCUT2D eigenvalue weighted by atomic mass is 9.95. The first-order valence-corrected chi connectivity index (χ1v) is 8.09. The number of anilines is 1. The topological polar surface area (TPSA) is 52.9 Å². The summed E-state index contributed by atoms with van der Waals surface area (Å²) in [5, 5.41) is 11.7. The standard InChI is InChI=1S/C20H20N2O/c21-14-15-7-10-19(11-8-15)22-20(23)13-16-6-9-18(12-16)17-4-2-1-3-5-17/h1-5,7-8,10-11,16,18H,6,9,12-13H2,(H,22,23)/t16-,18+/m1/s1. The third-order valence-corrected chi connectivity index (χ3v) is 4.58. The molecule has 2 atom stereocenters. The predicted octanol–water partition coefficient (Wildman–Crippen LogP) is 4.47. The lowest BCUT2D eigenvalue weighted by Gasteiger charge is -2.12. The fourth-order valence-electron chi connectivity index (χ4n) is 3.39. The highest BCUT2D eigenvalue weighted by atomic mass is 16.1. The van der Waals surface area contributed by atoms with E-state index in [2.05, 4.69) is 35.7 Å². The van der Waals surface area contributed by atoms with E-state index in [4.69, 9.17) is 5.26 Å². The molecule has 0 aromatic heterocycles. The second-order valence-electron chi connectivity index (χ2n) is 6.23.